The van der Waals surface area contributed by atoms with Crippen molar-refractivity contribution in [1.29, 1.82) is 0 Å². The van der Waals surface area contributed by atoms with Crippen LogP contribution < -0.4 is 5.56 Å². The van der Waals surface area contributed by atoms with E-state index in [-0.39, 0.29) is 12.2 Å². The standard InChI is InChI=1S/C18H23BrN4O4/c1-3-27-18(26)14-15(24)13-10-12(19)11-20-16(13)23(17(14)25)9-8-22-6-4-21(2)5-7-22/h10-11,24H,3-9H2,1-2H3. The fraction of sp³-hybridized carbons (Fsp3) is 0.500. The molecule has 1 N–H and O–H groups in total. The molecule has 0 aromatic carbocycles. The van der Waals surface area contributed by atoms with E-state index in [1.807, 2.05) is 0 Å². The second kappa shape index (κ2) is 8.37. The van der Waals surface area contributed by atoms with E-state index in [0.717, 1.165) is 26.2 Å². The number of carbonyl (C=O) groups excluding carboxylic acids is 1. The summed E-state index contributed by atoms with van der Waals surface area (Å²) in [6, 6.07) is 1.65. The second-order valence-corrected chi connectivity index (χ2v) is 7.49. The smallest absolute Gasteiger partial charge is 0.347 e. The van der Waals surface area contributed by atoms with Gasteiger partial charge >= 0.3 is 5.97 Å². The molecule has 0 aliphatic carbocycles. The number of fused-ring (bicyclic) bond motifs is 1. The van der Waals surface area contributed by atoms with Crippen LogP contribution in [0.15, 0.2) is 21.5 Å². The molecule has 0 amide bonds. The molecule has 2 aromatic rings. The van der Waals surface area contributed by atoms with Crippen LogP contribution in [0, 0.1) is 0 Å². The monoisotopic (exact) mass is 438 g/mol. The maximum Gasteiger partial charge on any atom is 0.347 e. The topological polar surface area (TPSA) is 87.9 Å². The highest BCUT2D eigenvalue weighted by atomic mass is 79.9. The van der Waals surface area contributed by atoms with Gasteiger partial charge < -0.3 is 14.7 Å². The Bertz CT molecular complexity index is 906. The van der Waals surface area contributed by atoms with Crippen molar-refractivity contribution in [3.63, 3.8) is 0 Å². The molecular formula is C18H23BrN4O4. The van der Waals surface area contributed by atoms with Gasteiger partial charge in [-0.25, -0.2) is 9.78 Å². The first-order valence-electron chi connectivity index (χ1n) is 8.91. The van der Waals surface area contributed by atoms with Gasteiger partial charge in [-0.2, -0.15) is 0 Å². The highest BCUT2D eigenvalue weighted by Crippen LogP contribution is 2.28. The number of aromatic nitrogens is 2. The minimum absolute atomic E-state index is 0.119. The number of halogens is 1. The number of esters is 1. The van der Waals surface area contributed by atoms with Gasteiger partial charge in [0.1, 0.15) is 11.4 Å². The SMILES string of the molecule is CCOC(=O)c1c(O)c2cc(Br)cnc2n(CCN2CCN(C)CC2)c1=O. The first-order chi connectivity index (χ1) is 12.9. The average molecular weight is 439 g/mol. The Balaban J connectivity index is 2.02. The summed E-state index contributed by atoms with van der Waals surface area (Å²) in [5, 5.41) is 10.9. The van der Waals surface area contributed by atoms with Gasteiger partial charge in [-0.05, 0) is 36.0 Å². The molecule has 0 saturated carbocycles. The maximum atomic E-state index is 13.0. The summed E-state index contributed by atoms with van der Waals surface area (Å²) in [6.45, 7) is 6.60. The number of piperazine rings is 1. The lowest BCUT2D eigenvalue weighted by Gasteiger charge is -2.32. The number of pyridine rings is 2. The van der Waals surface area contributed by atoms with Gasteiger partial charge in [0.25, 0.3) is 5.56 Å². The van der Waals surface area contributed by atoms with Gasteiger partial charge in [-0.1, -0.05) is 0 Å². The molecule has 1 saturated heterocycles. The highest BCUT2D eigenvalue weighted by Gasteiger charge is 2.24. The molecule has 0 atom stereocenters. The molecule has 8 nitrogen and oxygen atoms in total. The van der Waals surface area contributed by atoms with Crippen molar-refractivity contribution in [3.8, 4) is 5.75 Å². The van der Waals surface area contributed by atoms with Crippen LogP contribution in [0.2, 0.25) is 0 Å². The summed E-state index contributed by atoms with van der Waals surface area (Å²) >= 11 is 3.32. The molecular weight excluding hydrogens is 416 g/mol. The molecule has 27 heavy (non-hydrogen) atoms. The quantitative estimate of drug-likeness (QED) is 0.703. The zero-order valence-electron chi connectivity index (χ0n) is 15.4. The molecule has 9 heteroatoms. The van der Waals surface area contributed by atoms with Crippen molar-refractivity contribution in [2.45, 2.75) is 13.5 Å². The molecule has 2 aromatic heterocycles. The molecule has 0 unspecified atom stereocenters. The summed E-state index contributed by atoms with van der Waals surface area (Å²) in [7, 11) is 2.09. The highest BCUT2D eigenvalue weighted by molar-refractivity contribution is 9.10. The Kier molecular flexibility index (Phi) is 6.13. The number of carbonyl (C=O) groups is 1. The molecule has 1 aliphatic heterocycles. The van der Waals surface area contributed by atoms with Crippen LogP contribution >= 0.6 is 15.9 Å². The Hall–Kier alpha value is -1.97. The third kappa shape index (κ3) is 4.15. The van der Waals surface area contributed by atoms with Crippen LogP contribution in [-0.4, -0.2) is 76.8 Å². The number of likely N-dealkylation sites (N-methyl/N-ethyl adjacent to an activating group) is 1. The van der Waals surface area contributed by atoms with E-state index in [4.69, 9.17) is 4.74 Å². The first kappa shape index (κ1) is 19.8. The summed E-state index contributed by atoms with van der Waals surface area (Å²) < 4.78 is 7.06. The summed E-state index contributed by atoms with van der Waals surface area (Å²) in [4.78, 5) is 34.1. The van der Waals surface area contributed by atoms with Crippen molar-refractivity contribution >= 4 is 32.9 Å². The van der Waals surface area contributed by atoms with Gasteiger partial charge in [0.2, 0.25) is 0 Å². The third-order valence-corrected chi connectivity index (χ3v) is 5.19. The minimum Gasteiger partial charge on any atom is -0.506 e. The van der Waals surface area contributed by atoms with Gasteiger partial charge in [0.05, 0.1) is 12.0 Å². The van der Waals surface area contributed by atoms with E-state index >= 15 is 0 Å². The van der Waals surface area contributed by atoms with E-state index in [9.17, 15) is 14.7 Å². The molecule has 146 valence electrons. The average Bonchev–Trinajstić information content (AvgIpc) is 2.64. The normalized spacial score (nSPS) is 16.0. The molecule has 0 spiro atoms. The number of nitrogens with zero attached hydrogens (tertiary/aromatic N) is 4. The minimum atomic E-state index is -0.824. The van der Waals surface area contributed by atoms with Crippen molar-refractivity contribution in [1.82, 2.24) is 19.4 Å². The lowest BCUT2D eigenvalue weighted by atomic mass is 10.1. The Morgan fingerprint density at radius 1 is 1.30 bits per heavy atom. The fourth-order valence-corrected chi connectivity index (χ4v) is 3.53. The lowest BCUT2D eigenvalue weighted by molar-refractivity contribution is 0.0520. The van der Waals surface area contributed by atoms with E-state index < -0.39 is 17.3 Å². The Morgan fingerprint density at radius 3 is 2.67 bits per heavy atom. The van der Waals surface area contributed by atoms with Crippen molar-refractivity contribution < 1.29 is 14.6 Å². The zero-order chi connectivity index (χ0) is 19.6. The summed E-state index contributed by atoms with van der Waals surface area (Å²) in [6.07, 6.45) is 1.57. The number of rotatable bonds is 5. The molecule has 0 bridgehead atoms. The number of hydrogen-bond acceptors (Lipinski definition) is 7. The van der Waals surface area contributed by atoms with Crippen LogP contribution in [0.1, 0.15) is 17.3 Å². The van der Waals surface area contributed by atoms with Gasteiger partial charge in [0, 0.05) is 49.9 Å². The van der Waals surface area contributed by atoms with Crippen LogP contribution in [0.5, 0.6) is 5.75 Å². The van der Waals surface area contributed by atoms with Crippen molar-refractivity contribution in [2.24, 2.45) is 0 Å². The van der Waals surface area contributed by atoms with Crippen LogP contribution in [-0.2, 0) is 11.3 Å². The number of hydrogen-bond donors (Lipinski definition) is 1. The van der Waals surface area contributed by atoms with E-state index in [1.165, 1.54) is 4.57 Å². The Labute approximate surface area is 165 Å². The van der Waals surface area contributed by atoms with E-state index in [1.54, 1.807) is 19.2 Å². The van der Waals surface area contributed by atoms with Gasteiger partial charge in [0.15, 0.2) is 5.56 Å². The van der Waals surface area contributed by atoms with Crippen molar-refractivity contribution in [2.75, 3.05) is 46.4 Å². The van der Waals surface area contributed by atoms with Gasteiger partial charge in [-0.3, -0.25) is 14.3 Å². The van der Waals surface area contributed by atoms with Crippen LogP contribution in [0.3, 0.4) is 0 Å². The largest absolute Gasteiger partial charge is 0.506 e. The summed E-state index contributed by atoms with van der Waals surface area (Å²) in [5.74, 6) is -1.21. The fourth-order valence-electron chi connectivity index (χ4n) is 3.20. The van der Waals surface area contributed by atoms with Crippen LogP contribution in [0.25, 0.3) is 11.0 Å². The number of aromatic hydroxyl groups is 1. The van der Waals surface area contributed by atoms with Gasteiger partial charge in [-0.15, -0.1) is 0 Å². The molecule has 3 rings (SSSR count). The molecule has 0 radical (unpaired) electrons. The second-order valence-electron chi connectivity index (χ2n) is 6.57. The first-order valence-corrected chi connectivity index (χ1v) is 9.70. The molecule has 3 heterocycles. The Morgan fingerprint density at radius 2 is 2.00 bits per heavy atom. The maximum absolute atomic E-state index is 13.0. The van der Waals surface area contributed by atoms with E-state index in [0.29, 0.717) is 28.6 Å². The zero-order valence-corrected chi connectivity index (χ0v) is 17.0. The molecule has 1 fully saturated rings. The lowest BCUT2D eigenvalue weighted by Crippen LogP contribution is -2.46. The van der Waals surface area contributed by atoms with E-state index in [2.05, 4.69) is 37.8 Å². The third-order valence-electron chi connectivity index (χ3n) is 4.76. The van der Waals surface area contributed by atoms with Crippen molar-refractivity contribution in [3.05, 3.63) is 32.7 Å². The summed E-state index contributed by atoms with van der Waals surface area (Å²) in [5.41, 5.74) is -0.576. The van der Waals surface area contributed by atoms with Crippen LogP contribution in [0.4, 0.5) is 0 Å². The molecule has 1 aliphatic rings. The predicted molar refractivity (Wildman–Crippen MR) is 105 cm³/mol. The number of ether oxygens (including phenoxy) is 1. The predicted octanol–water partition coefficient (Wildman–Crippen LogP) is 1.29.